The molecule has 2 aliphatic rings. The number of benzene rings is 3. The van der Waals surface area contributed by atoms with Gasteiger partial charge in [-0.2, -0.15) is 0 Å². The molecule has 1 saturated heterocycles. The first-order valence-electron chi connectivity index (χ1n) is 12.7. The number of aryl methyl sites for hydroxylation is 1. The van der Waals surface area contributed by atoms with Crippen LogP contribution in [0.5, 0.6) is 5.75 Å². The Kier molecular flexibility index (Phi) is 5.53. The highest BCUT2D eigenvalue weighted by Gasteiger charge is 2.39. The molecule has 0 amide bonds. The number of aromatic amines is 1. The van der Waals surface area contributed by atoms with Gasteiger partial charge in [0.25, 0.3) is 0 Å². The summed E-state index contributed by atoms with van der Waals surface area (Å²) in [7, 11) is 1.76. The fourth-order valence-electron chi connectivity index (χ4n) is 6.33. The first-order chi connectivity index (χ1) is 17.0. The van der Waals surface area contributed by atoms with E-state index in [1.807, 2.05) is 24.4 Å². The highest BCUT2D eigenvalue weighted by atomic mass is 16.5. The Balaban J connectivity index is 1.45. The quantitative estimate of drug-likeness (QED) is 0.330. The normalized spacial score (nSPS) is 21.0. The van der Waals surface area contributed by atoms with Crippen LogP contribution in [0.1, 0.15) is 58.8 Å². The van der Waals surface area contributed by atoms with Gasteiger partial charge in [-0.15, -0.1) is 0 Å². The number of carboxylic acid groups (broad SMARTS) is 1. The summed E-state index contributed by atoms with van der Waals surface area (Å²) < 4.78 is 5.86. The van der Waals surface area contributed by atoms with Crippen molar-refractivity contribution in [3.05, 3.63) is 77.0 Å². The molecule has 5 nitrogen and oxygen atoms in total. The summed E-state index contributed by atoms with van der Waals surface area (Å²) >= 11 is 0. The topological polar surface area (TPSA) is 65.6 Å². The minimum atomic E-state index is -0.872. The van der Waals surface area contributed by atoms with Crippen molar-refractivity contribution in [2.45, 2.75) is 45.2 Å². The van der Waals surface area contributed by atoms with Crippen molar-refractivity contribution in [2.24, 2.45) is 11.8 Å². The van der Waals surface area contributed by atoms with Crippen LogP contribution in [0.3, 0.4) is 0 Å². The number of carbonyl (C=O) groups is 1. The molecule has 1 aliphatic heterocycles. The van der Waals surface area contributed by atoms with Crippen molar-refractivity contribution >= 4 is 27.6 Å². The average Bonchev–Trinajstić information content (AvgIpc) is 3.60. The fraction of sp³-hybridized carbons (Fsp3) is 0.367. The van der Waals surface area contributed by atoms with Crippen LogP contribution in [0.15, 0.2) is 54.7 Å². The predicted octanol–water partition coefficient (Wildman–Crippen LogP) is 6.70. The summed E-state index contributed by atoms with van der Waals surface area (Å²) in [6.07, 6.45) is 7.05. The number of rotatable bonds is 6. The lowest BCUT2D eigenvalue weighted by molar-refractivity contribution is 0.0698. The number of aromatic nitrogens is 1. The second-order valence-electron chi connectivity index (χ2n) is 10.3. The number of aromatic carboxylic acids is 1. The van der Waals surface area contributed by atoms with E-state index in [-0.39, 0.29) is 6.04 Å². The van der Waals surface area contributed by atoms with E-state index in [0.717, 1.165) is 47.9 Å². The maximum atomic E-state index is 11.9. The molecule has 3 aromatic carbocycles. The third kappa shape index (κ3) is 3.88. The summed E-state index contributed by atoms with van der Waals surface area (Å²) in [5.74, 6) is 1.66. The summed E-state index contributed by atoms with van der Waals surface area (Å²) in [6, 6.07) is 16.4. The lowest BCUT2D eigenvalue weighted by atomic mass is 9.82. The number of hydrogen-bond donors (Lipinski definition) is 2. The van der Waals surface area contributed by atoms with E-state index in [1.165, 1.54) is 46.9 Å². The first-order valence-corrected chi connectivity index (χ1v) is 12.7. The van der Waals surface area contributed by atoms with Gasteiger partial charge in [0.1, 0.15) is 5.75 Å². The molecule has 0 bridgehead atoms. The van der Waals surface area contributed by atoms with Gasteiger partial charge >= 0.3 is 5.97 Å². The van der Waals surface area contributed by atoms with Gasteiger partial charge in [-0.3, -0.25) is 4.90 Å². The molecule has 5 heteroatoms. The third-order valence-electron chi connectivity index (χ3n) is 8.28. The Bertz CT molecular complexity index is 1420. The van der Waals surface area contributed by atoms with Gasteiger partial charge in [-0.25, -0.2) is 4.79 Å². The Labute approximate surface area is 205 Å². The lowest BCUT2D eigenvalue weighted by Gasteiger charge is -2.41. The number of fused-ring (bicyclic) bond motifs is 2. The molecule has 1 saturated carbocycles. The molecule has 2 N–H and O–H groups in total. The zero-order chi connectivity index (χ0) is 24.1. The van der Waals surface area contributed by atoms with Gasteiger partial charge in [-0.05, 0) is 91.1 Å². The minimum Gasteiger partial charge on any atom is -0.496 e. The van der Waals surface area contributed by atoms with Gasteiger partial charge in [-0.1, -0.05) is 30.3 Å². The van der Waals surface area contributed by atoms with Crippen molar-refractivity contribution < 1.29 is 14.6 Å². The summed E-state index contributed by atoms with van der Waals surface area (Å²) in [5.41, 5.74) is 5.19. The Hall–Kier alpha value is -3.31. The molecule has 35 heavy (non-hydrogen) atoms. The molecular weight excluding hydrogens is 436 g/mol. The number of nitrogens with zero attached hydrogens (tertiary/aromatic N) is 1. The summed E-state index contributed by atoms with van der Waals surface area (Å²) in [6.45, 7) is 3.95. The van der Waals surface area contributed by atoms with Crippen molar-refractivity contribution in [1.82, 2.24) is 9.88 Å². The second kappa shape index (κ2) is 8.72. The number of methoxy groups -OCH3 is 1. The molecule has 2 heterocycles. The van der Waals surface area contributed by atoms with Crippen LogP contribution in [0.2, 0.25) is 0 Å². The van der Waals surface area contributed by atoms with Gasteiger partial charge in [0.15, 0.2) is 0 Å². The van der Waals surface area contributed by atoms with Gasteiger partial charge < -0.3 is 14.8 Å². The zero-order valence-corrected chi connectivity index (χ0v) is 20.4. The lowest BCUT2D eigenvalue weighted by Crippen LogP contribution is -2.37. The molecule has 0 spiro atoms. The SMILES string of the molecule is COc1cc(C)c2[nH]ccc2c1CN1CCC(C2CC2)C[C@H]1c1ccc(C(=O)O)c2ccccc12. The number of H-pyrrole nitrogens is 1. The highest BCUT2D eigenvalue weighted by molar-refractivity contribution is 6.04. The number of carboxylic acids is 1. The molecule has 2 fully saturated rings. The van der Waals surface area contributed by atoms with E-state index in [4.69, 9.17) is 4.74 Å². The minimum absolute atomic E-state index is 0.238. The molecule has 2 atom stereocenters. The number of likely N-dealkylation sites (tertiary alicyclic amines) is 1. The average molecular weight is 469 g/mol. The molecular formula is C30H32N2O3. The first kappa shape index (κ1) is 22.2. The monoisotopic (exact) mass is 468 g/mol. The second-order valence-corrected chi connectivity index (χ2v) is 10.3. The Morgan fingerprint density at radius 1 is 1.06 bits per heavy atom. The van der Waals surface area contributed by atoms with E-state index in [2.05, 4.69) is 41.1 Å². The van der Waals surface area contributed by atoms with Crippen LogP contribution >= 0.6 is 0 Å². The largest absolute Gasteiger partial charge is 0.496 e. The predicted molar refractivity (Wildman–Crippen MR) is 139 cm³/mol. The molecule has 180 valence electrons. The maximum absolute atomic E-state index is 11.9. The van der Waals surface area contributed by atoms with Gasteiger partial charge in [0.05, 0.1) is 12.7 Å². The number of ether oxygens (including phenoxy) is 1. The van der Waals surface area contributed by atoms with E-state index in [9.17, 15) is 9.90 Å². The van der Waals surface area contributed by atoms with Crippen molar-refractivity contribution in [1.29, 1.82) is 0 Å². The molecule has 6 rings (SSSR count). The van der Waals surface area contributed by atoms with E-state index >= 15 is 0 Å². The van der Waals surface area contributed by atoms with Crippen molar-refractivity contribution in [3.8, 4) is 5.75 Å². The fourth-order valence-corrected chi connectivity index (χ4v) is 6.33. The zero-order valence-electron chi connectivity index (χ0n) is 20.4. The van der Waals surface area contributed by atoms with Gasteiger partial charge in [0, 0.05) is 35.2 Å². The maximum Gasteiger partial charge on any atom is 0.336 e. The third-order valence-corrected chi connectivity index (χ3v) is 8.28. The van der Waals surface area contributed by atoms with E-state index in [0.29, 0.717) is 5.56 Å². The van der Waals surface area contributed by atoms with Crippen LogP contribution in [-0.4, -0.2) is 34.6 Å². The van der Waals surface area contributed by atoms with Crippen LogP contribution in [0.4, 0.5) is 0 Å². The van der Waals surface area contributed by atoms with Gasteiger partial charge in [0.2, 0.25) is 0 Å². The molecule has 1 aliphatic carbocycles. The van der Waals surface area contributed by atoms with E-state index < -0.39 is 5.97 Å². The van der Waals surface area contributed by atoms with Crippen LogP contribution in [0, 0.1) is 18.8 Å². The Morgan fingerprint density at radius 3 is 2.60 bits per heavy atom. The summed E-state index contributed by atoms with van der Waals surface area (Å²) in [4.78, 5) is 17.9. The molecule has 0 radical (unpaired) electrons. The molecule has 1 unspecified atom stereocenters. The number of nitrogens with one attached hydrogen (secondary N) is 1. The Morgan fingerprint density at radius 2 is 1.86 bits per heavy atom. The number of piperidine rings is 1. The van der Waals surface area contributed by atoms with Crippen LogP contribution in [0.25, 0.3) is 21.7 Å². The van der Waals surface area contributed by atoms with E-state index in [1.54, 1.807) is 13.2 Å². The molecule has 1 aromatic heterocycles. The highest BCUT2D eigenvalue weighted by Crippen LogP contribution is 2.48. The standard InChI is InChI=1S/C30H32N2O3/c1-18-15-28(35-2)26(24-11-13-31-29(18)24)17-32-14-12-20(19-7-8-19)16-27(32)23-9-10-25(30(33)34)22-6-4-3-5-21(22)23/h3-6,9-11,13,15,19-20,27,31H,7-8,12,14,16-17H2,1-2H3,(H,33,34)/t20?,27-/m0/s1. The van der Waals surface area contributed by atoms with Crippen LogP contribution in [-0.2, 0) is 6.54 Å². The summed E-state index contributed by atoms with van der Waals surface area (Å²) in [5, 5.41) is 12.9. The smallest absolute Gasteiger partial charge is 0.336 e. The van der Waals surface area contributed by atoms with Crippen molar-refractivity contribution in [2.75, 3.05) is 13.7 Å². The number of hydrogen-bond acceptors (Lipinski definition) is 3. The van der Waals surface area contributed by atoms with Crippen LogP contribution < -0.4 is 4.74 Å². The molecule has 4 aromatic rings. The van der Waals surface area contributed by atoms with Crippen molar-refractivity contribution in [3.63, 3.8) is 0 Å².